The lowest BCUT2D eigenvalue weighted by Gasteiger charge is -2.36. The molecule has 0 spiro atoms. The Morgan fingerprint density at radius 2 is 2.00 bits per heavy atom. The van der Waals surface area contributed by atoms with E-state index in [2.05, 4.69) is 14.9 Å². The Balaban J connectivity index is 1.79. The minimum absolute atomic E-state index is 0.107. The van der Waals surface area contributed by atoms with Gasteiger partial charge >= 0.3 is 0 Å². The second-order valence-electron chi connectivity index (χ2n) is 5.68. The van der Waals surface area contributed by atoms with E-state index in [0.29, 0.717) is 0 Å². The summed E-state index contributed by atoms with van der Waals surface area (Å²) in [6.45, 7) is 5.37. The van der Waals surface area contributed by atoms with Crippen LogP contribution in [0, 0.1) is 5.92 Å². The summed E-state index contributed by atoms with van der Waals surface area (Å²) in [5.41, 5.74) is 0. The van der Waals surface area contributed by atoms with E-state index in [4.69, 9.17) is 0 Å². The smallest absolute Gasteiger partial charge is 0.208 e. The summed E-state index contributed by atoms with van der Waals surface area (Å²) in [4.78, 5) is 2.43. The van der Waals surface area contributed by atoms with Crippen molar-refractivity contribution < 1.29 is 8.42 Å². The predicted molar refractivity (Wildman–Crippen MR) is 73.0 cm³/mol. The van der Waals surface area contributed by atoms with Gasteiger partial charge in [-0.2, -0.15) is 0 Å². The van der Waals surface area contributed by atoms with Crippen LogP contribution < -0.4 is 10.0 Å². The zero-order valence-corrected chi connectivity index (χ0v) is 12.0. The number of likely N-dealkylation sites (tertiary alicyclic amines) is 1. The van der Waals surface area contributed by atoms with E-state index in [-0.39, 0.29) is 6.04 Å². The third-order valence-corrected chi connectivity index (χ3v) is 4.62. The van der Waals surface area contributed by atoms with Crippen LogP contribution in [0.25, 0.3) is 0 Å². The Morgan fingerprint density at radius 3 is 2.67 bits per heavy atom. The maximum Gasteiger partial charge on any atom is 0.208 e. The number of nitrogens with zero attached hydrogens (tertiary/aromatic N) is 1. The second kappa shape index (κ2) is 6.32. The minimum atomic E-state index is -3.07. The van der Waals surface area contributed by atoms with Gasteiger partial charge in [-0.25, -0.2) is 13.1 Å². The zero-order chi connectivity index (χ0) is 13.0. The van der Waals surface area contributed by atoms with Crippen molar-refractivity contribution in [2.75, 3.05) is 39.0 Å². The molecule has 0 aromatic rings. The van der Waals surface area contributed by atoms with Crippen LogP contribution in [-0.4, -0.2) is 58.3 Å². The number of nitrogens with one attached hydrogen (secondary N) is 2. The normalized spacial score (nSPS) is 28.4. The summed E-state index contributed by atoms with van der Waals surface area (Å²) in [5, 5.41) is 3.38. The Kier molecular flexibility index (Phi) is 5.00. The van der Waals surface area contributed by atoms with Gasteiger partial charge in [0.05, 0.1) is 6.26 Å². The highest BCUT2D eigenvalue weighted by molar-refractivity contribution is 7.88. The molecule has 2 aliphatic rings. The number of piperidine rings is 2. The predicted octanol–water partition coefficient (Wildman–Crippen LogP) is -0.000400. The monoisotopic (exact) mass is 275 g/mol. The van der Waals surface area contributed by atoms with Crippen molar-refractivity contribution >= 4 is 10.0 Å². The second-order valence-corrected chi connectivity index (χ2v) is 7.46. The zero-order valence-electron chi connectivity index (χ0n) is 11.2. The molecule has 2 rings (SSSR count). The molecule has 5 nitrogen and oxygen atoms in total. The van der Waals surface area contributed by atoms with Crippen LogP contribution in [-0.2, 0) is 10.0 Å². The summed E-state index contributed by atoms with van der Waals surface area (Å²) >= 11 is 0. The molecule has 1 atom stereocenters. The van der Waals surface area contributed by atoms with Gasteiger partial charge in [0.1, 0.15) is 0 Å². The van der Waals surface area contributed by atoms with E-state index in [1.54, 1.807) is 0 Å². The van der Waals surface area contributed by atoms with Crippen LogP contribution in [0.5, 0.6) is 0 Å². The standard InChI is InChI=1S/C12H25N3O2S/c1-18(16,17)14-12-3-2-8-15(10-12)9-11-4-6-13-7-5-11/h11-14H,2-10H2,1H3/t12-/m1/s1. The summed E-state index contributed by atoms with van der Waals surface area (Å²) in [6.07, 6.45) is 5.81. The number of rotatable bonds is 4. The fourth-order valence-corrected chi connectivity index (χ4v) is 3.85. The van der Waals surface area contributed by atoms with Crippen LogP contribution in [0.2, 0.25) is 0 Å². The molecule has 0 amide bonds. The van der Waals surface area contributed by atoms with Crippen LogP contribution in [0.3, 0.4) is 0 Å². The largest absolute Gasteiger partial charge is 0.317 e. The molecule has 0 radical (unpaired) electrons. The first-order valence-corrected chi connectivity index (χ1v) is 8.82. The van der Waals surface area contributed by atoms with E-state index in [0.717, 1.165) is 51.5 Å². The van der Waals surface area contributed by atoms with Crippen LogP contribution in [0.15, 0.2) is 0 Å². The molecule has 0 aromatic heterocycles. The Bertz CT molecular complexity index is 352. The molecule has 2 heterocycles. The molecule has 2 N–H and O–H groups in total. The van der Waals surface area contributed by atoms with E-state index >= 15 is 0 Å². The van der Waals surface area contributed by atoms with Gasteiger partial charge < -0.3 is 10.2 Å². The minimum Gasteiger partial charge on any atom is -0.317 e. The lowest BCUT2D eigenvalue weighted by molar-refractivity contribution is 0.160. The van der Waals surface area contributed by atoms with Crippen molar-refractivity contribution in [3.8, 4) is 0 Å². The van der Waals surface area contributed by atoms with Gasteiger partial charge in [0.25, 0.3) is 0 Å². The molecule has 2 aliphatic heterocycles. The third-order valence-electron chi connectivity index (χ3n) is 3.86. The highest BCUT2D eigenvalue weighted by atomic mass is 32.2. The molecule has 0 bridgehead atoms. The van der Waals surface area contributed by atoms with Crippen molar-refractivity contribution in [2.45, 2.75) is 31.7 Å². The van der Waals surface area contributed by atoms with Gasteiger partial charge in [-0.3, -0.25) is 0 Å². The van der Waals surface area contributed by atoms with Crippen molar-refractivity contribution in [3.05, 3.63) is 0 Å². The maximum absolute atomic E-state index is 11.3. The van der Waals surface area contributed by atoms with Crippen molar-refractivity contribution in [3.63, 3.8) is 0 Å². The number of hydrogen-bond donors (Lipinski definition) is 2. The number of sulfonamides is 1. The molecule has 0 aromatic carbocycles. The lowest BCUT2D eigenvalue weighted by atomic mass is 9.96. The molecule has 106 valence electrons. The van der Waals surface area contributed by atoms with Crippen molar-refractivity contribution in [1.82, 2.24) is 14.9 Å². The molecule has 18 heavy (non-hydrogen) atoms. The highest BCUT2D eigenvalue weighted by Gasteiger charge is 2.24. The quantitative estimate of drug-likeness (QED) is 0.758. The molecule has 6 heteroatoms. The van der Waals surface area contributed by atoms with Crippen LogP contribution >= 0.6 is 0 Å². The van der Waals surface area contributed by atoms with Crippen molar-refractivity contribution in [2.24, 2.45) is 5.92 Å². The van der Waals surface area contributed by atoms with E-state index in [1.807, 2.05) is 0 Å². The third kappa shape index (κ3) is 4.84. The first-order chi connectivity index (χ1) is 8.53. The highest BCUT2D eigenvalue weighted by Crippen LogP contribution is 2.17. The van der Waals surface area contributed by atoms with E-state index in [9.17, 15) is 8.42 Å². The molecular weight excluding hydrogens is 250 g/mol. The Hall–Kier alpha value is -0.170. The van der Waals surface area contributed by atoms with Gasteiger partial charge in [-0.1, -0.05) is 0 Å². The first-order valence-electron chi connectivity index (χ1n) is 6.93. The number of hydrogen-bond acceptors (Lipinski definition) is 4. The summed E-state index contributed by atoms with van der Waals surface area (Å²) in [6, 6.07) is 0.107. The molecule has 0 saturated carbocycles. The average Bonchev–Trinajstić information content (AvgIpc) is 2.28. The van der Waals surface area contributed by atoms with E-state index in [1.165, 1.54) is 19.1 Å². The van der Waals surface area contributed by atoms with Gasteiger partial charge in [-0.15, -0.1) is 0 Å². The van der Waals surface area contributed by atoms with Crippen molar-refractivity contribution in [1.29, 1.82) is 0 Å². The van der Waals surface area contributed by atoms with Crippen LogP contribution in [0.4, 0.5) is 0 Å². The molecule has 0 aliphatic carbocycles. The van der Waals surface area contributed by atoms with Gasteiger partial charge in [0.2, 0.25) is 10.0 Å². The first kappa shape index (κ1) is 14.2. The fraction of sp³-hybridized carbons (Fsp3) is 1.00. The average molecular weight is 275 g/mol. The Morgan fingerprint density at radius 1 is 1.28 bits per heavy atom. The topological polar surface area (TPSA) is 61.4 Å². The summed E-state index contributed by atoms with van der Waals surface area (Å²) < 4.78 is 25.3. The summed E-state index contributed by atoms with van der Waals surface area (Å²) in [5.74, 6) is 0.781. The Labute approximate surface area is 110 Å². The van der Waals surface area contributed by atoms with E-state index < -0.39 is 10.0 Å². The van der Waals surface area contributed by atoms with Crippen LogP contribution in [0.1, 0.15) is 25.7 Å². The molecular formula is C12H25N3O2S. The van der Waals surface area contributed by atoms with Gasteiger partial charge in [0.15, 0.2) is 0 Å². The maximum atomic E-state index is 11.3. The summed E-state index contributed by atoms with van der Waals surface area (Å²) in [7, 11) is -3.07. The molecule has 2 saturated heterocycles. The fourth-order valence-electron chi connectivity index (χ4n) is 3.05. The molecule has 0 unspecified atom stereocenters. The van der Waals surface area contributed by atoms with Gasteiger partial charge in [-0.05, 0) is 51.2 Å². The molecule has 2 fully saturated rings. The lowest BCUT2D eigenvalue weighted by Crippen LogP contribution is -2.49. The SMILES string of the molecule is CS(=O)(=O)N[C@@H]1CCCN(CC2CCNCC2)C1. The van der Waals surface area contributed by atoms with Gasteiger partial charge in [0, 0.05) is 19.1 Å².